The maximum absolute atomic E-state index is 12.4. The summed E-state index contributed by atoms with van der Waals surface area (Å²) in [5, 5.41) is 3.10. The van der Waals surface area contributed by atoms with E-state index in [0.29, 0.717) is 25.0 Å². The Bertz CT molecular complexity index is 622. The van der Waals surface area contributed by atoms with Crippen LogP contribution in [0.4, 0.5) is 0 Å². The number of benzene rings is 1. The van der Waals surface area contributed by atoms with Gasteiger partial charge in [0, 0.05) is 19.2 Å². The van der Waals surface area contributed by atoms with Gasteiger partial charge in [-0.3, -0.25) is 4.79 Å². The van der Waals surface area contributed by atoms with Gasteiger partial charge in [0.2, 0.25) is 5.91 Å². The summed E-state index contributed by atoms with van der Waals surface area (Å²) < 4.78 is 6.11. The molecule has 0 radical (unpaired) electrons. The molecule has 144 valence electrons. The number of carbonyl (C=O) groups excluding carboxylic acids is 1. The van der Waals surface area contributed by atoms with Gasteiger partial charge in [0.05, 0.1) is 12.0 Å². The Morgan fingerprint density at radius 1 is 1.19 bits per heavy atom. The average molecular weight is 379 g/mol. The van der Waals surface area contributed by atoms with Crippen molar-refractivity contribution in [2.75, 3.05) is 13.2 Å². The van der Waals surface area contributed by atoms with Gasteiger partial charge in [-0.25, -0.2) is 0 Å². The minimum absolute atomic E-state index is 0. The van der Waals surface area contributed by atoms with Crippen molar-refractivity contribution in [1.29, 1.82) is 0 Å². The van der Waals surface area contributed by atoms with Crippen LogP contribution in [0.25, 0.3) is 0 Å². The Labute approximate surface area is 162 Å². The fourth-order valence-electron chi connectivity index (χ4n) is 5.23. The summed E-state index contributed by atoms with van der Waals surface area (Å²) in [4.78, 5) is 12.4. The van der Waals surface area contributed by atoms with E-state index in [9.17, 15) is 4.79 Å². The van der Waals surface area contributed by atoms with Crippen LogP contribution in [0.1, 0.15) is 55.8 Å². The number of ether oxygens (including phenoxy) is 1. The van der Waals surface area contributed by atoms with Crippen LogP contribution >= 0.6 is 12.4 Å². The molecule has 0 aliphatic heterocycles. The lowest BCUT2D eigenvalue weighted by Crippen LogP contribution is -2.45. The lowest BCUT2D eigenvalue weighted by molar-refractivity contribution is -0.127. The van der Waals surface area contributed by atoms with Gasteiger partial charge in [-0.1, -0.05) is 24.3 Å². The molecule has 5 unspecified atom stereocenters. The second-order valence-electron chi connectivity index (χ2n) is 8.03. The van der Waals surface area contributed by atoms with Gasteiger partial charge in [0.1, 0.15) is 0 Å². The zero-order chi connectivity index (χ0) is 17.2. The fraction of sp³-hybridized carbons (Fsp3) is 0.667. The molecule has 0 heterocycles. The molecule has 3 N–H and O–H groups in total. The second-order valence-corrected chi connectivity index (χ2v) is 8.03. The number of nitrogens with one attached hydrogen (secondary N) is 1. The van der Waals surface area contributed by atoms with Gasteiger partial charge in [-0.15, -0.1) is 12.4 Å². The number of carbonyl (C=O) groups is 1. The molecular formula is C21H31ClN2O2. The highest BCUT2D eigenvalue weighted by Gasteiger charge is 2.48. The van der Waals surface area contributed by atoms with Crippen LogP contribution in [0.2, 0.25) is 0 Å². The van der Waals surface area contributed by atoms with Crippen LogP contribution in [0.15, 0.2) is 24.3 Å². The van der Waals surface area contributed by atoms with Gasteiger partial charge < -0.3 is 15.8 Å². The Hall–Kier alpha value is -1.10. The molecule has 2 bridgehead atoms. The highest BCUT2D eigenvalue weighted by atomic mass is 35.5. The van der Waals surface area contributed by atoms with Crippen molar-refractivity contribution in [3.05, 3.63) is 35.4 Å². The first-order valence-corrected chi connectivity index (χ1v) is 9.96. The lowest BCUT2D eigenvalue weighted by atomic mass is 9.84. The zero-order valence-electron chi connectivity index (χ0n) is 15.4. The summed E-state index contributed by atoms with van der Waals surface area (Å²) in [6.45, 7) is 1.38. The molecule has 0 spiro atoms. The lowest BCUT2D eigenvalue weighted by Gasteiger charge is -2.27. The highest BCUT2D eigenvalue weighted by Crippen LogP contribution is 2.47. The van der Waals surface area contributed by atoms with E-state index in [2.05, 4.69) is 29.6 Å². The number of amides is 1. The Morgan fingerprint density at radius 3 is 2.81 bits per heavy atom. The van der Waals surface area contributed by atoms with E-state index in [1.165, 1.54) is 30.4 Å². The molecule has 0 saturated heterocycles. The van der Waals surface area contributed by atoms with E-state index in [0.717, 1.165) is 25.7 Å². The molecule has 1 aromatic rings. The summed E-state index contributed by atoms with van der Waals surface area (Å²) in [5.41, 5.74) is 9.03. The van der Waals surface area contributed by atoms with E-state index in [1.807, 2.05) is 0 Å². The van der Waals surface area contributed by atoms with Crippen molar-refractivity contribution in [1.82, 2.24) is 5.32 Å². The molecule has 4 nitrogen and oxygen atoms in total. The smallest absolute Gasteiger partial charge is 0.224 e. The fourth-order valence-corrected chi connectivity index (χ4v) is 5.23. The van der Waals surface area contributed by atoms with E-state index in [1.54, 1.807) is 0 Å². The Balaban J connectivity index is 0.00000196. The summed E-state index contributed by atoms with van der Waals surface area (Å²) in [6.07, 6.45) is 8.09. The number of halogens is 1. The first-order valence-electron chi connectivity index (χ1n) is 9.96. The molecule has 1 aromatic carbocycles. The van der Waals surface area contributed by atoms with Gasteiger partial charge in [0.15, 0.2) is 0 Å². The maximum Gasteiger partial charge on any atom is 0.224 e. The third-order valence-electron chi connectivity index (χ3n) is 6.54. The molecular weight excluding hydrogens is 348 g/mol. The van der Waals surface area contributed by atoms with Gasteiger partial charge >= 0.3 is 0 Å². The molecule has 2 saturated carbocycles. The first-order chi connectivity index (χ1) is 12.2. The molecule has 2 fully saturated rings. The maximum atomic E-state index is 12.4. The Morgan fingerprint density at radius 2 is 2.00 bits per heavy atom. The van der Waals surface area contributed by atoms with Crippen molar-refractivity contribution in [2.45, 2.75) is 57.1 Å². The molecule has 5 heteroatoms. The number of aryl methyl sites for hydroxylation is 1. The number of hydrogen-bond donors (Lipinski definition) is 2. The molecule has 5 atom stereocenters. The first kappa shape index (κ1) is 19.7. The summed E-state index contributed by atoms with van der Waals surface area (Å²) in [5.74, 6) is 1.32. The van der Waals surface area contributed by atoms with Crippen LogP contribution in [-0.2, 0) is 16.0 Å². The average Bonchev–Trinajstić information content (AvgIpc) is 3.22. The van der Waals surface area contributed by atoms with Crippen LogP contribution in [0.3, 0.4) is 0 Å². The third-order valence-corrected chi connectivity index (χ3v) is 6.54. The topological polar surface area (TPSA) is 64.4 Å². The predicted molar refractivity (Wildman–Crippen MR) is 105 cm³/mol. The second kappa shape index (κ2) is 8.73. The highest BCUT2D eigenvalue weighted by molar-refractivity contribution is 5.85. The monoisotopic (exact) mass is 378 g/mol. The summed E-state index contributed by atoms with van der Waals surface area (Å²) in [6, 6.07) is 8.69. The number of fused-ring (bicyclic) bond motifs is 3. The largest absolute Gasteiger partial charge is 0.373 e. The van der Waals surface area contributed by atoms with E-state index >= 15 is 0 Å². The predicted octanol–water partition coefficient (Wildman–Crippen LogP) is 3.38. The van der Waals surface area contributed by atoms with E-state index in [4.69, 9.17) is 10.5 Å². The van der Waals surface area contributed by atoms with Crippen LogP contribution in [-0.4, -0.2) is 25.1 Å². The third kappa shape index (κ3) is 3.92. The molecule has 4 rings (SSSR count). The zero-order valence-corrected chi connectivity index (χ0v) is 16.2. The number of hydrogen-bond acceptors (Lipinski definition) is 3. The molecule has 3 aliphatic carbocycles. The Kier molecular flexibility index (Phi) is 6.60. The minimum atomic E-state index is 0. The number of rotatable bonds is 6. The van der Waals surface area contributed by atoms with Crippen LogP contribution in [0, 0.1) is 17.8 Å². The van der Waals surface area contributed by atoms with Crippen molar-refractivity contribution in [2.24, 2.45) is 23.5 Å². The summed E-state index contributed by atoms with van der Waals surface area (Å²) in [7, 11) is 0. The standard InChI is InChI=1S/C21H30N2O2.ClH/c22-20-16-10-9-15(13-16)19(20)21(24)23-11-4-12-25-18-8-3-6-14-5-1-2-7-17(14)18;/h1-2,5,7,15-16,18-20H,3-4,6,8-13,22H2,(H,23,24);1H. The van der Waals surface area contributed by atoms with Gasteiger partial charge in [-0.05, 0) is 67.9 Å². The van der Waals surface area contributed by atoms with Gasteiger partial charge in [-0.2, -0.15) is 0 Å². The van der Waals surface area contributed by atoms with Crippen molar-refractivity contribution in [3.8, 4) is 0 Å². The molecule has 1 amide bonds. The normalized spacial score (nSPS) is 32.0. The van der Waals surface area contributed by atoms with Crippen LogP contribution in [0.5, 0.6) is 0 Å². The number of nitrogens with two attached hydrogens (primary N) is 1. The summed E-state index contributed by atoms with van der Waals surface area (Å²) >= 11 is 0. The van der Waals surface area contributed by atoms with Crippen molar-refractivity contribution < 1.29 is 9.53 Å². The van der Waals surface area contributed by atoms with Crippen molar-refractivity contribution in [3.63, 3.8) is 0 Å². The minimum Gasteiger partial charge on any atom is -0.373 e. The SMILES string of the molecule is Cl.NC1C2CCC(C2)C1C(=O)NCCCOC1CCCc2ccccc21. The van der Waals surface area contributed by atoms with Gasteiger partial charge in [0.25, 0.3) is 0 Å². The van der Waals surface area contributed by atoms with E-state index in [-0.39, 0.29) is 36.4 Å². The van der Waals surface area contributed by atoms with Crippen LogP contribution < -0.4 is 11.1 Å². The molecule has 0 aromatic heterocycles. The molecule has 3 aliphatic rings. The van der Waals surface area contributed by atoms with Crippen molar-refractivity contribution >= 4 is 18.3 Å². The molecule has 26 heavy (non-hydrogen) atoms. The quantitative estimate of drug-likeness (QED) is 0.746. The van der Waals surface area contributed by atoms with E-state index < -0.39 is 0 Å².